The van der Waals surface area contributed by atoms with Crippen LogP contribution < -0.4 is 4.90 Å². The van der Waals surface area contributed by atoms with E-state index in [0.29, 0.717) is 5.69 Å². The molecule has 0 unspecified atom stereocenters. The van der Waals surface area contributed by atoms with E-state index in [9.17, 15) is 9.59 Å². The fourth-order valence-corrected chi connectivity index (χ4v) is 3.94. The van der Waals surface area contributed by atoms with Gasteiger partial charge in [0, 0.05) is 17.4 Å². The SMILES string of the molecule is COC(=O)C1=C(C(=O)OC)N(c2ccc(-c3nc4cccnc4s3)cc2)COC1. The summed E-state index contributed by atoms with van der Waals surface area (Å²) in [6, 6.07) is 11.2. The van der Waals surface area contributed by atoms with E-state index in [0.717, 1.165) is 20.9 Å². The summed E-state index contributed by atoms with van der Waals surface area (Å²) < 4.78 is 15.1. The predicted octanol–water partition coefficient (Wildman–Crippen LogP) is 2.75. The molecule has 0 fully saturated rings. The number of thiazole rings is 1. The van der Waals surface area contributed by atoms with Crippen LogP contribution in [0.3, 0.4) is 0 Å². The molecule has 1 aliphatic heterocycles. The van der Waals surface area contributed by atoms with Gasteiger partial charge in [0.25, 0.3) is 0 Å². The molecule has 29 heavy (non-hydrogen) atoms. The lowest BCUT2D eigenvalue weighted by Gasteiger charge is -2.31. The van der Waals surface area contributed by atoms with Crippen LogP contribution in [0.25, 0.3) is 20.9 Å². The van der Waals surface area contributed by atoms with Gasteiger partial charge >= 0.3 is 11.9 Å². The Morgan fingerprint density at radius 2 is 1.86 bits per heavy atom. The number of methoxy groups -OCH3 is 2. The van der Waals surface area contributed by atoms with E-state index in [1.54, 1.807) is 11.1 Å². The van der Waals surface area contributed by atoms with Gasteiger partial charge in [-0.25, -0.2) is 19.6 Å². The van der Waals surface area contributed by atoms with Crippen molar-refractivity contribution in [2.45, 2.75) is 0 Å². The van der Waals surface area contributed by atoms with Crippen LogP contribution in [0.5, 0.6) is 0 Å². The van der Waals surface area contributed by atoms with Gasteiger partial charge in [0.2, 0.25) is 0 Å². The summed E-state index contributed by atoms with van der Waals surface area (Å²) in [5.74, 6) is -1.26. The third kappa shape index (κ3) is 3.57. The number of carbonyl (C=O) groups is 2. The zero-order valence-electron chi connectivity index (χ0n) is 15.7. The number of pyridine rings is 1. The lowest BCUT2D eigenvalue weighted by molar-refractivity contribution is -0.140. The second kappa shape index (κ2) is 7.98. The highest BCUT2D eigenvalue weighted by Gasteiger charge is 2.32. The molecular weight excluding hydrogens is 394 g/mol. The molecule has 4 rings (SSSR count). The number of hydrogen-bond donors (Lipinski definition) is 0. The second-order valence-electron chi connectivity index (χ2n) is 6.11. The van der Waals surface area contributed by atoms with Crippen molar-refractivity contribution >= 4 is 39.3 Å². The Bertz CT molecular complexity index is 1070. The monoisotopic (exact) mass is 411 g/mol. The number of benzene rings is 1. The molecule has 3 heterocycles. The number of anilines is 1. The molecule has 1 aliphatic rings. The van der Waals surface area contributed by atoms with Gasteiger partial charge in [0.05, 0.1) is 26.4 Å². The summed E-state index contributed by atoms with van der Waals surface area (Å²) in [4.78, 5) is 35.8. The van der Waals surface area contributed by atoms with Gasteiger partial charge in [-0.1, -0.05) is 11.3 Å². The maximum Gasteiger partial charge on any atom is 0.355 e. The van der Waals surface area contributed by atoms with E-state index in [-0.39, 0.29) is 24.6 Å². The molecule has 0 N–H and O–H groups in total. The zero-order chi connectivity index (χ0) is 20.4. The summed E-state index contributed by atoms with van der Waals surface area (Å²) >= 11 is 1.50. The van der Waals surface area contributed by atoms with Gasteiger partial charge < -0.3 is 19.1 Å². The van der Waals surface area contributed by atoms with E-state index in [1.165, 1.54) is 25.6 Å². The molecule has 2 aromatic heterocycles. The summed E-state index contributed by atoms with van der Waals surface area (Å²) in [5, 5.41) is 0.846. The Kier molecular flexibility index (Phi) is 5.24. The first-order valence-corrected chi connectivity index (χ1v) is 9.51. The highest BCUT2D eigenvalue weighted by molar-refractivity contribution is 7.21. The Morgan fingerprint density at radius 1 is 1.10 bits per heavy atom. The molecule has 0 spiro atoms. The van der Waals surface area contributed by atoms with E-state index in [2.05, 4.69) is 9.97 Å². The Hall–Kier alpha value is -3.30. The first kappa shape index (κ1) is 19.0. The van der Waals surface area contributed by atoms with Gasteiger partial charge in [-0.3, -0.25) is 0 Å². The average molecular weight is 411 g/mol. The van der Waals surface area contributed by atoms with Gasteiger partial charge in [-0.2, -0.15) is 0 Å². The molecule has 148 valence electrons. The molecular formula is C20H17N3O5S. The summed E-state index contributed by atoms with van der Waals surface area (Å²) in [7, 11) is 2.52. The van der Waals surface area contributed by atoms with Crippen molar-refractivity contribution in [3.63, 3.8) is 0 Å². The van der Waals surface area contributed by atoms with Crippen LogP contribution in [0.15, 0.2) is 53.9 Å². The minimum absolute atomic E-state index is 0.0234. The fourth-order valence-electron chi connectivity index (χ4n) is 3.02. The van der Waals surface area contributed by atoms with Crippen molar-refractivity contribution in [1.29, 1.82) is 0 Å². The van der Waals surface area contributed by atoms with Crippen LogP contribution in [-0.4, -0.2) is 49.5 Å². The maximum atomic E-state index is 12.4. The number of fused-ring (bicyclic) bond motifs is 1. The average Bonchev–Trinajstić information content (AvgIpc) is 3.22. The number of carbonyl (C=O) groups excluding carboxylic acids is 2. The highest BCUT2D eigenvalue weighted by atomic mass is 32.1. The predicted molar refractivity (Wildman–Crippen MR) is 107 cm³/mol. The van der Waals surface area contributed by atoms with E-state index in [1.807, 2.05) is 36.4 Å². The molecule has 1 aromatic carbocycles. The number of nitrogens with zero attached hydrogens (tertiary/aromatic N) is 3. The lowest BCUT2D eigenvalue weighted by atomic mass is 10.1. The van der Waals surface area contributed by atoms with Gasteiger partial charge in [-0.05, 0) is 36.4 Å². The van der Waals surface area contributed by atoms with Gasteiger partial charge in [0.15, 0.2) is 0 Å². The number of aromatic nitrogens is 2. The molecule has 3 aromatic rings. The molecule has 9 heteroatoms. The molecule has 0 atom stereocenters. The second-order valence-corrected chi connectivity index (χ2v) is 7.09. The van der Waals surface area contributed by atoms with Crippen LogP contribution in [-0.2, 0) is 23.8 Å². The van der Waals surface area contributed by atoms with Crippen LogP contribution >= 0.6 is 11.3 Å². The fraction of sp³-hybridized carbons (Fsp3) is 0.200. The van der Waals surface area contributed by atoms with E-state index in [4.69, 9.17) is 14.2 Å². The summed E-state index contributed by atoms with van der Waals surface area (Å²) in [6.07, 6.45) is 1.74. The number of esters is 2. The molecule has 8 nitrogen and oxygen atoms in total. The minimum Gasteiger partial charge on any atom is -0.466 e. The Morgan fingerprint density at radius 3 is 2.55 bits per heavy atom. The topological polar surface area (TPSA) is 90.9 Å². The van der Waals surface area contributed by atoms with Crippen LogP contribution in [0.4, 0.5) is 5.69 Å². The number of rotatable bonds is 4. The number of ether oxygens (including phenoxy) is 3. The van der Waals surface area contributed by atoms with Crippen LogP contribution in [0, 0.1) is 0 Å². The summed E-state index contributed by atoms with van der Waals surface area (Å²) in [5.41, 5.74) is 2.68. The Balaban J connectivity index is 1.70. The van der Waals surface area contributed by atoms with Crippen molar-refractivity contribution in [3.8, 4) is 10.6 Å². The normalized spacial score (nSPS) is 14.2. The maximum absolute atomic E-state index is 12.4. The van der Waals surface area contributed by atoms with Crippen molar-refractivity contribution in [3.05, 3.63) is 53.9 Å². The van der Waals surface area contributed by atoms with E-state index < -0.39 is 11.9 Å². The molecule has 0 aliphatic carbocycles. The number of hydrogen-bond acceptors (Lipinski definition) is 9. The molecule has 0 radical (unpaired) electrons. The smallest absolute Gasteiger partial charge is 0.355 e. The largest absolute Gasteiger partial charge is 0.466 e. The third-order valence-electron chi connectivity index (χ3n) is 4.43. The van der Waals surface area contributed by atoms with Crippen molar-refractivity contribution in [1.82, 2.24) is 9.97 Å². The third-order valence-corrected chi connectivity index (χ3v) is 5.45. The molecule has 0 bridgehead atoms. The van der Waals surface area contributed by atoms with E-state index >= 15 is 0 Å². The Labute approximate surface area is 170 Å². The van der Waals surface area contributed by atoms with Crippen LogP contribution in [0.1, 0.15) is 0 Å². The first-order chi connectivity index (χ1) is 14.1. The summed E-state index contributed by atoms with van der Waals surface area (Å²) in [6.45, 7) is 0.0831. The zero-order valence-corrected chi connectivity index (χ0v) is 16.6. The van der Waals surface area contributed by atoms with Gasteiger partial charge in [-0.15, -0.1) is 0 Å². The van der Waals surface area contributed by atoms with Crippen LogP contribution in [0.2, 0.25) is 0 Å². The lowest BCUT2D eigenvalue weighted by Crippen LogP contribution is -2.38. The first-order valence-electron chi connectivity index (χ1n) is 8.69. The van der Waals surface area contributed by atoms with Gasteiger partial charge in [0.1, 0.15) is 27.8 Å². The molecule has 0 saturated heterocycles. The van der Waals surface area contributed by atoms with Crippen molar-refractivity contribution in [2.24, 2.45) is 0 Å². The molecule has 0 saturated carbocycles. The van der Waals surface area contributed by atoms with Crippen molar-refractivity contribution < 1.29 is 23.8 Å². The van der Waals surface area contributed by atoms with Crippen molar-refractivity contribution in [2.75, 3.05) is 32.5 Å². The highest BCUT2D eigenvalue weighted by Crippen LogP contribution is 2.32. The molecule has 0 amide bonds. The minimum atomic E-state index is -0.631. The standard InChI is InChI=1S/C20H17N3O5S/c1-26-19(24)14-10-28-11-23(16(14)20(25)27-2)13-7-5-12(6-8-13)17-22-15-4-3-9-21-18(15)29-17/h3-9H,10-11H2,1-2H3. The quantitative estimate of drug-likeness (QED) is 0.606.